The molecule has 1 amide bonds. The molecule has 2 aromatic carbocycles. The number of benzene rings is 2. The number of rotatable bonds is 2. The van der Waals surface area contributed by atoms with E-state index in [4.69, 9.17) is 4.74 Å². The van der Waals surface area contributed by atoms with Gasteiger partial charge in [-0.2, -0.15) is 0 Å². The molecule has 0 bridgehead atoms. The molecule has 0 fully saturated rings. The Morgan fingerprint density at radius 2 is 2.05 bits per heavy atom. The standard InChI is InChI=1S/C18H19NO2/c1-11-5-4-6-16(13(11)3)19-18(20)14-7-8-17-15(10-14)9-12(2)21-17/h4-8,10,12H,9H2,1-3H3,(H,19,20)/t12-/m0/s1. The summed E-state index contributed by atoms with van der Waals surface area (Å²) in [6.07, 6.45) is 1.05. The van der Waals surface area contributed by atoms with Crippen LogP contribution < -0.4 is 10.1 Å². The lowest BCUT2D eigenvalue weighted by molar-refractivity contribution is 0.102. The zero-order valence-corrected chi connectivity index (χ0v) is 12.6. The Labute approximate surface area is 124 Å². The van der Waals surface area contributed by atoms with Crippen LogP contribution in [0.4, 0.5) is 5.69 Å². The number of anilines is 1. The Hall–Kier alpha value is -2.29. The molecular weight excluding hydrogens is 262 g/mol. The van der Waals surface area contributed by atoms with Crippen molar-refractivity contribution in [2.75, 3.05) is 5.32 Å². The Morgan fingerprint density at radius 3 is 2.86 bits per heavy atom. The van der Waals surface area contributed by atoms with Crippen LogP contribution in [0.25, 0.3) is 0 Å². The number of hydrogen-bond donors (Lipinski definition) is 1. The van der Waals surface area contributed by atoms with E-state index in [0.717, 1.165) is 29.0 Å². The van der Waals surface area contributed by atoms with E-state index in [0.29, 0.717) is 5.56 Å². The van der Waals surface area contributed by atoms with E-state index in [1.807, 2.05) is 57.2 Å². The van der Waals surface area contributed by atoms with Crippen LogP contribution in [-0.2, 0) is 6.42 Å². The van der Waals surface area contributed by atoms with Gasteiger partial charge in [0.25, 0.3) is 5.91 Å². The molecule has 108 valence electrons. The molecule has 0 radical (unpaired) electrons. The van der Waals surface area contributed by atoms with Crippen LogP contribution in [0.15, 0.2) is 36.4 Å². The van der Waals surface area contributed by atoms with Crippen LogP contribution in [-0.4, -0.2) is 12.0 Å². The molecular formula is C18H19NO2. The summed E-state index contributed by atoms with van der Waals surface area (Å²) >= 11 is 0. The molecule has 1 N–H and O–H groups in total. The van der Waals surface area contributed by atoms with Crippen LogP contribution in [0.1, 0.15) is 34.0 Å². The zero-order valence-electron chi connectivity index (χ0n) is 12.6. The quantitative estimate of drug-likeness (QED) is 0.907. The molecule has 1 heterocycles. The number of nitrogens with one attached hydrogen (secondary N) is 1. The fourth-order valence-corrected chi connectivity index (χ4v) is 2.64. The molecule has 0 aliphatic carbocycles. The first-order chi connectivity index (χ1) is 10.0. The summed E-state index contributed by atoms with van der Waals surface area (Å²) in [4.78, 5) is 12.4. The smallest absolute Gasteiger partial charge is 0.255 e. The second-order valence-electron chi connectivity index (χ2n) is 5.66. The first-order valence-corrected chi connectivity index (χ1v) is 7.22. The van der Waals surface area contributed by atoms with Gasteiger partial charge in [0, 0.05) is 17.7 Å². The summed E-state index contributed by atoms with van der Waals surface area (Å²) in [6, 6.07) is 11.6. The second kappa shape index (κ2) is 5.24. The lowest BCUT2D eigenvalue weighted by Gasteiger charge is -2.11. The fraction of sp³-hybridized carbons (Fsp3) is 0.278. The first-order valence-electron chi connectivity index (χ1n) is 7.22. The van der Waals surface area contributed by atoms with Gasteiger partial charge in [0.1, 0.15) is 11.9 Å². The van der Waals surface area contributed by atoms with Crippen molar-refractivity contribution in [3.05, 3.63) is 58.7 Å². The van der Waals surface area contributed by atoms with Crippen molar-refractivity contribution in [2.45, 2.75) is 33.3 Å². The molecule has 3 nitrogen and oxygen atoms in total. The highest BCUT2D eigenvalue weighted by Crippen LogP contribution is 2.29. The van der Waals surface area contributed by atoms with Gasteiger partial charge in [-0.25, -0.2) is 0 Å². The highest BCUT2D eigenvalue weighted by Gasteiger charge is 2.20. The van der Waals surface area contributed by atoms with Crippen molar-refractivity contribution in [1.82, 2.24) is 0 Å². The number of hydrogen-bond acceptors (Lipinski definition) is 2. The van der Waals surface area contributed by atoms with E-state index in [9.17, 15) is 4.79 Å². The number of carbonyl (C=O) groups excluding carboxylic acids is 1. The molecule has 1 aliphatic rings. The van der Waals surface area contributed by atoms with Gasteiger partial charge >= 0.3 is 0 Å². The van der Waals surface area contributed by atoms with Gasteiger partial charge in [0.2, 0.25) is 0 Å². The SMILES string of the molecule is Cc1cccc(NC(=O)c2ccc3c(c2)C[C@H](C)O3)c1C. The van der Waals surface area contributed by atoms with E-state index in [2.05, 4.69) is 5.32 Å². The summed E-state index contributed by atoms with van der Waals surface area (Å²) in [7, 11) is 0. The molecule has 0 aromatic heterocycles. The van der Waals surface area contributed by atoms with E-state index in [1.165, 1.54) is 5.56 Å². The number of ether oxygens (including phenoxy) is 1. The summed E-state index contributed by atoms with van der Waals surface area (Å²) < 4.78 is 5.66. The van der Waals surface area contributed by atoms with Crippen LogP contribution >= 0.6 is 0 Å². The van der Waals surface area contributed by atoms with Gasteiger partial charge in [0.15, 0.2) is 0 Å². The molecule has 0 saturated heterocycles. The van der Waals surface area contributed by atoms with Gasteiger partial charge in [-0.1, -0.05) is 12.1 Å². The van der Waals surface area contributed by atoms with Crippen molar-refractivity contribution in [3.63, 3.8) is 0 Å². The third-order valence-electron chi connectivity index (χ3n) is 4.01. The minimum absolute atomic E-state index is 0.0777. The zero-order chi connectivity index (χ0) is 15.0. The second-order valence-corrected chi connectivity index (χ2v) is 5.66. The minimum atomic E-state index is -0.0777. The summed E-state index contributed by atoms with van der Waals surface area (Å²) in [5.41, 5.74) is 4.92. The highest BCUT2D eigenvalue weighted by molar-refractivity contribution is 6.05. The molecule has 0 saturated carbocycles. The Kier molecular flexibility index (Phi) is 3.42. The van der Waals surface area contributed by atoms with Crippen LogP contribution in [0.3, 0.4) is 0 Å². The van der Waals surface area contributed by atoms with Crippen molar-refractivity contribution in [3.8, 4) is 5.75 Å². The molecule has 21 heavy (non-hydrogen) atoms. The number of fused-ring (bicyclic) bond motifs is 1. The maximum absolute atomic E-state index is 12.4. The topological polar surface area (TPSA) is 38.3 Å². The molecule has 0 spiro atoms. The minimum Gasteiger partial charge on any atom is -0.490 e. The van der Waals surface area contributed by atoms with Crippen LogP contribution in [0, 0.1) is 13.8 Å². The molecule has 1 atom stereocenters. The Balaban J connectivity index is 1.83. The maximum Gasteiger partial charge on any atom is 0.255 e. The largest absolute Gasteiger partial charge is 0.490 e. The van der Waals surface area contributed by atoms with Crippen LogP contribution in [0.2, 0.25) is 0 Å². The van der Waals surface area contributed by atoms with Gasteiger partial charge in [-0.15, -0.1) is 0 Å². The van der Waals surface area contributed by atoms with Gasteiger partial charge in [0.05, 0.1) is 0 Å². The number of carbonyl (C=O) groups is 1. The fourth-order valence-electron chi connectivity index (χ4n) is 2.64. The molecule has 1 aliphatic heterocycles. The van der Waals surface area contributed by atoms with E-state index < -0.39 is 0 Å². The third-order valence-corrected chi connectivity index (χ3v) is 4.01. The third kappa shape index (κ3) is 2.64. The Bertz CT molecular complexity index is 706. The van der Waals surface area contributed by atoms with Crippen molar-refractivity contribution >= 4 is 11.6 Å². The lowest BCUT2D eigenvalue weighted by atomic mass is 10.1. The van der Waals surface area contributed by atoms with E-state index in [1.54, 1.807) is 0 Å². The van der Waals surface area contributed by atoms with Gasteiger partial charge < -0.3 is 10.1 Å². The summed E-state index contributed by atoms with van der Waals surface area (Å²) in [6.45, 7) is 6.10. The predicted molar refractivity (Wildman–Crippen MR) is 84.1 cm³/mol. The average Bonchev–Trinajstić information content (AvgIpc) is 2.82. The van der Waals surface area contributed by atoms with Gasteiger partial charge in [-0.3, -0.25) is 4.79 Å². The monoisotopic (exact) mass is 281 g/mol. The number of aryl methyl sites for hydroxylation is 1. The molecule has 2 aromatic rings. The lowest BCUT2D eigenvalue weighted by Crippen LogP contribution is -2.13. The molecule has 3 rings (SSSR count). The van der Waals surface area contributed by atoms with E-state index in [-0.39, 0.29) is 12.0 Å². The number of amides is 1. The Morgan fingerprint density at radius 1 is 1.24 bits per heavy atom. The van der Waals surface area contributed by atoms with Crippen molar-refractivity contribution in [1.29, 1.82) is 0 Å². The highest BCUT2D eigenvalue weighted by atomic mass is 16.5. The summed E-state index contributed by atoms with van der Waals surface area (Å²) in [5, 5.41) is 2.99. The normalized spacial score (nSPS) is 16.2. The van der Waals surface area contributed by atoms with Crippen LogP contribution in [0.5, 0.6) is 5.75 Å². The average molecular weight is 281 g/mol. The van der Waals surface area contributed by atoms with Crippen molar-refractivity contribution in [2.24, 2.45) is 0 Å². The first kappa shape index (κ1) is 13.7. The van der Waals surface area contributed by atoms with Gasteiger partial charge in [-0.05, 0) is 61.7 Å². The molecule has 3 heteroatoms. The van der Waals surface area contributed by atoms with E-state index >= 15 is 0 Å². The maximum atomic E-state index is 12.4. The predicted octanol–water partition coefficient (Wildman–Crippen LogP) is 3.88. The summed E-state index contributed by atoms with van der Waals surface area (Å²) in [5.74, 6) is 0.817. The van der Waals surface area contributed by atoms with Crippen molar-refractivity contribution < 1.29 is 9.53 Å². The molecule has 0 unspecified atom stereocenters.